The minimum Gasteiger partial charge on any atom is -0.349 e. The molecule has 2 atom stereocenters. The van der Waals surface area contributed by atoms with Gasteiger partial charge in [0.1, 0.15) is 0 Å². The molecule has 102 valence electrons. The van der Waals surface area contributed by atoms with Crippen LogP contribution in [0.5, 0.6) is 0 Å². The standard InChI is InChI=1S/C17H22O2/c1-2-14-13-18-17(11-7-4-8-12-17)19-16(14)15-9-5-3-6-10-15/h2-3,5-6,9-10,14,16H,1,4,7-8,11-13H2/t14-,16-/m0/s1. The number of hydrogen-bond acceptors (Lipinski definition) is 2. The molecule has 0 bridgehead atoms. The van der Waals surface area contributed by atoms with Crippen molar-refractivity contribution >= 4 is 0 Å². The molecule has 1 spiro atoms. The molecule has 0 N–H and O–H groups in total. The molecule has 3 rings (SSSR count). The van der Waals surface area contributed by atoms with Gasteiger partial charge in [0.15, 0.2) is 5.79 Å². The molecule has 1 saturated heterocycles. The van der Waals surface area contributed by atoms with Gasteiger partial charge < -0.3 is 9.47 Å². The maximum Gasteiger partial charge on any atom is 0.169 e. The molecule has 2 heteroatoms. The van der Waals surface area contributed by atoms with Crippen molar-refractivity contribution in [3.05, 3.63) is 48.6 Å². The minimum atomic E-state index is -0.335. The molecule has 0 unspecified atom stereocenters. The summed E-state index contributed by atoms with van der Waals surface area (Å²) in [4.78, 5) is 0. The van der Waals surface area contributed by atoms with Gasteiger partial charge >= 0.3 is 0 Å². The van der Waals surface area contributed by atoms with Crippen LogP contribution in [0.1, 0.15) is 43.8 Å². The summed E-state index contributed by atoms with van der Waals surface area (Å²) in [7, 11) is 0. The van der Waals surface area contributed by atoms with E-state index >= 15 is 0 Å². The summed E-state index contributed by atoms with van der Waals surface area (Å²) in [5.74, 6) is -0.0897. The van der Waals surface area contributed by atoms with Crippen LogP contribution in [0.25, 0.3) is 0 Å². The summed E-state index contributed by atoms with van der Waals surface area (Å²) in [6.07, 6.45) is 7.83. The Kier molecular flexibility index (Phi) is 3.72. The summed E-state index contributed by atoms with van der Waals surface area (Å²) < 4.78 is 12.5. The molecule has 1 aliphatic heterocycles. The van der Waals surface area contributed by atoms with Crippen molar-refractivity contribution in [3.8, 4) is 0 Å². The van der Waals surface area contributed by atoms with Gasteiger partial charge in [-0.05, 0) is 18.4 Å². The highest BCUT2D eigenvalue weighted by atomic mass is 16.7. The average Bonchev–Trinajstić information content (AvgIpc) is 2.49. The van der Waals surface area contributed by atoms with Gasteiger partial charge in [-0.15, -0.1) is 6.58 Å². The van der Waals surface area contributed by atoms with Gasteiger partial charge in [0, 0.05) is 18.8 Å². The topological polar surface area (TPSA) is 18.5 Å². The van der Waals surface area contributed by atoms with E-state index in [2.05, 4.69) is 30.8 Å². The van der Waals surface area contributed by atoms with Crippen LogP contribution < -0.4 is 0 Å². The molecule has 2 aliphatic rings. The van der Waals surface area contributed by atoms with Gasteiger partial charge in [0.05, 0.1) is 12.7 Å². The van der Waals surface area contributed by atoms with Gasteiger partial charge in [-0.3, -0.25) is 0 Å². The van der Waals surface area contributed by atoms with Crippen molar-refractivity contribution < 1.29 is 9.47 Å². The fourth-order valence-electron chi connectivity index (χ4n) is 3.19. The second-order valence-electron chi connectivity index (χ2n) is 5.63. The summed E-state index contributed by atoms with van der Waals surface area (Å²) in [5, 5.41) is 0. The zero-order valence-corrected chi connectivity index (χ0v) is 11.4. The second-order valence-corrected chi connectivity index (χ2v) is 5.63. The predicted molar refractivity (Wildman–Crippen MR) is 75.7 cm³/mol. The molecule has 2 fully saturated rings. The number of benzene rings is 1. The van der Waals surface area contributed by atoms with Crippen LogP contribution >= 0.6 is 0 Å². The molecule has 2 nitrogen and oxygen atoms in total. The lowest BCUT2D eigenvalue weighted by molar-refractivity contribution is -0.319. The molecule has 1 aromatic carbocycles. The largest absolute Gasteiger partial charge is 0.349 e. The van der Waals surface area contributed by atoms with Gasteiger partial charge in [0.25, 0.3) is 0 Å². The van der Waals surface area contributed by atoms with E-state index in [-0.39, 0.29) is 17.8 Å². The normalized spacial score (nSPS) is 30.1. The first-order valence-electron chi connectivity index (χ1n) is 7.32. The van der Waals surface area contributed by atoms with Crippen LogP contribution in [0.15, 0.2) is 43.0 Å². The fraction of sp³-hybridized carbons (Fsp3) is 0.529. The lowest BCUT2D eigenvalue weighted by Crippen LogP contribution is -2.46. The third-order valence-corrected chi connectivity index (χ3v) is 4.32. The molecule has 1 aliphatic carbocycles. The van der Waals surface area contributed by atoms with E-state index in [9.17, 15) is 0 Å². The Labute approximate surface area is 115 Å². The van der Waals surface area contributed by atoms with E-state index < -0.39 is 0 Å². The Hall–Kier alpha value is -1.12. The molecular weight excluding hydrogens is 236 g/mol. The van der Waals surface area contributed by atoms with Gasteiger partial charge in [-0.1, -0.05) is 42.8 Å². The molecule has 0 aromatic heterocycles. The van der Waals surface area contributed by atoms with E-state index in [0.717, 1.165) is 19.4 Å². The summed E-state index contributed by atoms with van der Waals surface area (Å²) >= 11 is 0. The van der Waals surface area contributed by atoms with Crippen molar-refractivity contribution in [2.75, 3.05) is 6.61 Å². The summed E-state index contributed by atoms with van der Waals surface area (Å²) in [6.45, 7) is 4.66. The first kappa shape index (κ1) is 12.9. The Morgan fingerprint density at radius 3 is 2.53 bits per heavy atom. The molecular formula is C17H22O2. The van der Waals surface area contributed by atoms with Crippen LogP contribution in [0.3, 0.4) is 0 Å². The van der Waals surface area contributed by atoms with Crippen LogP contribution in [-0.2, 0) is 9.47 Å². The van der Waals surface area contributed by atoms with Gasteiger partial charge in [0.2, 0.25) is 0 Å². The Bertz CT molecular complexity index is 420. The van der Waals surface area contributed by atoms with Crippen molar-refractivity contribution in [1.29, 1.82) is 0 Å². The Balaban J connectivity index is 1.84. The Morgan fingerprint density at radius 1 is 1.11 bits per heavy atom. The maximum atomic E-state index is 6.41. The lowest BCUT2D eigenvalue weighted by atomic mass is 9.89. The summed E-state index contributed by atoms with van der Waals surface area (Å²) in [6, 6.07) is 10.5. The predicted octanol–water partition coefficient (Wildman–Crippen LogP) is 4.24. The molecule has 1 heterocycles. The fourth-order valence-corrected chi connectivity index (χ4v) is 3.19. The maximum absolute atomic E-state index is 6.41. The zero-order chi connectivity index (χ0) is 13.1. The van der Waals surface area contributed by atoms with Crippen LogP contribution in [0, 0.1) is 5.92 Å². The minimum absolute atomic E-state index is 0.0885. The summed E-state index contributed by atoms with van der Waals surface area (Å²) in [5.41, 5.74) is 1.24. The third kappa shape index (κ3) is 2.60. The van der Waals surface area contributed by atoms with Gasteiger partial charge in [-0.25, -0.2) is 0 Å². The van der Waals surface area contributed by atoms with Crippen molar-refractivity contribution in [1.82, 2.24) is 0 Å². The lowest BCUT2D eigenvalue weighted by Gasteiger charge is -2.46. The van der Waals surface area contributed by atoms with Crippen LogP contribution in [0.2, 0.25) is 0 Å². The second kappa shape index (κ2) is 5.48. The average molecular weight is 258 g/mol. The van der Waals surface area contributed by atoms with E-state index in [1.807, 2.05) is 12.1 Å². The van der Waals surface area contributed by atoms with E-state index in [0.29, 0.717) is 0 Å². The highest BCUT2D eigenvalue weighted by Gasteiger charge is 2.43. The van der Waals surface area contributed by atoms with E-state index in [4.69, 9.17) is 9.47 Å². The highest BCUT2D eigenvalue weighted by Crippen LogP contribution is 2.44. The van der Waals surface area contributed by atoms with Crippen LogP contribution in [0.4, 0.5) is 0 Å². The molecule has 1 aromatic rings. The molecule has 0 radical (unpaired) electrons. The van der Waals surface area contributed by atoms with Gasteiger partial charge in [-0.2, -0.15) is 0 Å². The third-order valence-electron chi connectivity index (χ3n) is 4.32. The number of hydrogen-bond donors (Lipinski definition) is 0. The monoisotopic (exact) mass is 258 g/mol. The SMILES string of the molecule is C=C[C@H]1COC2(CCCCC2)O[C@@H]1c1ccccc1. The highest BCUT2D eigenvalue weighted by molar-refractivity contribution is 5.20. The van der Waals surface area contributed by atoms with Crippen molar-refractivity contribution in [3.63, 3.8) is 0 Å². The molecule has 19 heavy (non-hydrogen) atoms. The smallest absolute Gasteiger partial charge is 0.169 e. The van der Waals surface area contributed by atoms with Crippen molar-refractivity contribution in [2.45, 2.75) is 44.0 Å². The first-order chi connectivity index (χ1) is 9.33. The quantitative estimate of drug-likeness (QED) is 0.739. The number of rotatable bonds is 2. The van der Waals surface area contributed by atoms with Crippen LogP contribution in [-0.4, -0.2) is 12.4 Å². The van der Waals surface area contributed by atoms with Crippen molar-refractivity contribution in [2.24, 2.45) is 5.92 Å². The zero-order valence-electron chi connectivity index (χ0n) is 11.4. The Morgan fingerprint density at radius 2 is 1.84 bits per heavy atom. The first-order valence-corrected chi connectivity index (χ1v) is 7.32. The van der Waals surface area contributed by atoms with E-state index in [1.54, 1.807) is 0 Å². The van der Waals surface area contributed by atoms with E-state index in [1.165, 1.54) is 24.8 Å². The molecule has 0 amide bonds. The molecule has 1 saturated carbocycles. The number of ether oxygens (including phenoxy) is 2.